The van der Waals surface area contributed by atoms with Crippen molar-refractivity contribution in [3.63, 3.8) is 0 Å². The van der Waals surface area contributed by atoms with Crippen LogP contribution in [-0.2, 0) is 0 Å². The number of anilines is 1. The summed E-state index contributed by atoms with van der Waals surface area (Å²) in [5, 5.41) is 3.04. The third-order valence-corrected chi connectivity index (χ3v) is 4.31. The summed E-state index contributed by atoms with van der Waals surface area (Å²) in [4.78, 5) is 12.3. The quantitative estimate of drug-likeness (QED) is 0.858. The monoisotopic (exact) mass is 263 g/mol. The van der Waals surface area contributed by atoms with Crippen molar-refractivity contribution in [3.05, 3.63) is 18.0 Å². The van der Waals surface area contributed by atoms with Crippen molar-refractivity contribution in [3.8, 4) is 0 Å². The van der Waals surface area contributed by atoms with E-state index in [1.54, 1.807) is 6.07 Å². The Balaban J connectivity index is 2.04. The van der Waals surface area contributed by atoms with Gasteiger partial charge in [0.25, 0.3) is 5.91 Å². The van der Waals surface area contributed by atoms with Crippen LogP contribution in [0.15, 0.2) is 12.3 Å². The third kappa shape index (κ3) is 3.11. The maximum atomic E-state index is 12.3. The highest BCUT2D eigenvalue weighted by atomic mass is 16.1. The molecule has 1 aromatic rings. The molecule has 19 heavy (non-hydrogen) atoms. The van der Waals surface area contributed by atoms with Gasteiger partial charge in [-0.15, -0.1) is 0 Å². The van der Waals surface area contributed by atoms with Gasteiger partial charge in [0.15, 0.2) is 0 Å². The zero-order valence-electron chi connectivity index (χ0n) is 12.4. The Hall–Kier alpha value is -1.45. The van der Waals surface area contributed by atoms with Crippen LogP contribution in [0.2, 0.25) is 0 Å². The Labute approximate surface area is 115 Å². The van der Waals surface area contributed by atoms with Gasteiger partial charge in [-0.25, -0.2) is 0 Å². The first-order valence-electron chi connectivity index (χ1n) is 7.07. The van der Waals surface area contributed by atoms with Crippen molar-refractivity contribution >= 4 is 11.6 Å². The van der Waals surface area contributed by atoms with Crippen molar-refractivity contribution in [2.24, 2.45) is 11.3 Å². The second-order valence-electron chi connectivity index (χ2n) is 6.62. The highest BCUT2D eigenvalue weighted by Crippen LogP contribution is 2.37. The number of nitrogen functional groups attached to an aromatic ring is 1. The minimum absolute atomic E-state index is 0.0164. The van der Waals surface area contributed by atoms with E-state index >= 15 is 0 Å². The van der Waals surface area contributed by atoms with Gasteiger partial charge < -0.3 is 15.6 Å². The number of carbonyl (C=O) groups excluding carboxylic acids is 1. The van der Waals surface area contributed by atoms with E-state index in [4.69, 9.17) is 5.73 Å². The largest absolute Gasteiger partial charge is 0.397 e. The summed E-state index contributed by atoms with van der Waals surface area (Å²) in [6.07, 6.45) is 4.16. The van der Waals surface area contributed by atoms with Crippen LogP contribution in [0.3, 0.4) is 0 Å². The van der Waals surface area contributed by atoms with Gasteiger partial charge in [-0.2, -0.15) is 0 Å². The molecule has 2 rings (SSSR count). The number of hydrogen-bond acceptors (Lipinski definition) is 2. The summed E-state index contributed by atoms with van der Waals surface area (Å²) in [5.41, 5.74) is 7.27. The van der Waals surface area contributed by atoms with E-state index in [9.17, 15) is 4.79 Å². The second kappa shape index (κ2) is 4.91. The summed E-state index contributed by atoms with van der Waals surface area (Å²) in [6, 6.07) is 2.24. The lowest BCUT2D eigenvalue weighted by Crippen LogP contribution is -2.37. The predicted molar refractivity (Wildman–Crippen MR) is 78.1 cm³/mol. The van der Waals surface area contributed by atoms with Gasteiger partial charge in [-0.3, -0.25) is 4.79 Å². The van der Waals surface area contributed by atoms with E-state index in [-0.39, 0.29) is 11.3 Å². The molecule has 1 saturated carbocycles. The highest BCUT2D eigenvalue weighted by Gasteiger charge is 2.29. The van der Waals surface area contributed by atoms with Gasteiger partial charge in [0.05, 0.1) is 5.69 Å². The first-order chi connectivity index (χ1) is 8.81. The lowest BCUT2D eigenvalue weighted by atomic mass is 9.81. The Morgan fingerprint density at radius 1 is 1.53 bits per heavy atom. The molecule has 0 radical (unpaired) electrons. The van der Waals surface area contributed by atoms with E-state index in [0.717, 1.165) is 12.8 Å². The lowest BCUT2D eigenvalue weighted by Gasteiger charge is -2.29. The number of amides is 1. The van der Waals surface area contributed by atoms with Crippen LogP contribution >= 0.6 is 0 Å². The summed E-state index contributed by atoms with van der Waals surface area (Å²) in [5.74, 6) is 0.505. The van der Waals surface area contributed by atoms with Gasteiger partial charge in [0.2, 0.25) is 0 Å². The van der Waals surface area contributed by atoms with Crippen LogP contribution < -0.4 is 11.1 Å². The standard InChI is InChI=1S/C15H25N3O/c1-10(2)15(3,4)9-17-14(19)13-7-11(16)8-18(13)12-5-6-12/h7-8,10,12H,5-6,9,16H2,1-4H3,(H,17,19). The van der Waals surface area contributed by atoms with Crippen LogP contribution in [0.1, 0.15) is 57.1 Å². The van der Waals surface area contributed by atoms with Gasteiger partial charge in [-0.05, 0) is 30.2 Å². The van der Waals surface area contributed by atoms with Crippen molar-refractivity contribution in [1.29, 1.82) is 0 Å². The Morgan fingerprint density at radius 2 is 2.16 bits per heavy atom. The first kappa shape index (κ1) is 14.0. The molecule has 0 spiro atoms. The van der Waals surface area contributed by atoms with E-state index in [0.29, 0.717) is 29.9 Å². The Morgan fingerprint density at radius 3 is 2.68 bits per heavy atom. The van der Waals surface area contributed by atoms with Gasteiger partial charge in [0.1, 0.15) is 5.69 Å². The zero-order valence-corrected chi connectivity index (χ0v) is 12.4. The highest BCUT2D eigenvalue weighted by molar-refractivity contribution is 5.93. The topological polar surface area (TPSA) is 60.1 Å². The number of nitrogens with one attached hydrogen (secondary N) is 1. The zero-order chi connectivity index (χ0) is 14.2. The second-order valence-corrected chi connectivity index (χ2v) is 6.62. The fraction of sp³-hybridized carbons (Fsp3) is 0.667. The molecule has 4 nitrogen and oxygen atoms in total. The molecular weight excluding hydrogens is 238 g/mol. The third-order valence-electron chi connectivity index (χ3n) is 4.31. The van der Waals surface area contributed by atoms with Crippen LogP contribution in [0, 0.1) is 11.3 Å². The SMILES string of the molecule is CC(C)C(C)(C)CNC(=O)c1cc(N)cn1C1CC1. The van der Waals surface area contributed by atoms with Crippen molar-refractivity contribution in [1.82, 2.24) is 9.88 Å². The molecular formula is C15H25N3O. The molecule has 106 valence electrons. The molecule has 1 aliphatic rings. The summed E-state index contributed by atoms with van der Waals surface area (Å²) in [7, 11) is 0. The molecule has 0 aromatic carbocycles. The molecule has 0 saturated heterocycles. The van der Waals surface area contributed by atoms with Crippen molar-refractivity contribution in [2.75, 3.05) is 12.3 Å². The smallest absolute Gasteiger partial charge is 0.268 e. The molecule has 4 heteroatoms. The molecule has 1 amide bonds. The summed E-state index contributed by atoms with van der Waals surface area (Å²) in [6.45, 7) is 9.38. The van der Waals surface area contributed by atoms with Crippen LogP contribution in [-0.4, -0.2) is 17.0 Å². The van der Waals surface area contributed by atoms with E-state index in [1.807, 2.05) is 10.8 Å². The lowest BCUT2D eigenvalue weighted by molar-refractivity contribution is 0.0915. The molecule has 1 aliphatic carbocycles. The molecule has 1 heterocycles. The van der Waals surface area contributed by atoms with Crippen molar-refractivity contribution in [2.45, 2.75) is 46.6 Å². The number of nitrogens with zero attached hydrogens (tertiary/aromatic N) is 1. The van der Waals surface area contributed by atoms with Crippen LogP contribution in [0.5, 0.6) is 0 Å². The van der Waals surface area contributed by atoms with E-state index in [2.05, 4.69) is 33.0 Å². The van der Waals surface area contributed by atoms with E-state index in [1.165, 1.54) is 0 Å². The van der Waals surface area contributed by atoms with Crippen LogP contribution in [0.25, 0.3) is 0 Å². The average Bonchev–Trinajstić information content (AvgIpc) is 3.09. The maximum Gasteiger partial charge on any atom is 0.268 e. The minimum atomic E-state index is -0.0164. The number of nitrogens with two attached hydrogens (primary N) is 1. The average molecular weight is 263 g/mol. The number of hydrogen-bond donors (Lipinski definition) is 2. The van der Waals surface area contributed by atoms with Gasteiger partial charge >= 0.3 is 0 Å². The summed E-state index contributed by atoms with van der Waals surface area (Å²) >= 11 is 0. The normalized spacial score (nSPS) is 15.8. The number of carbonyl (C=O) groups is 1. The predicted octanol–water partition coefficient (Wildman–Crippen LogP) is 2.82. The molecule has 1 fully saturated rings. The van der Waals surface area contributed by atoms with Gasteiger partial charge in [0, 0.05) is 18.8 Å². The fourth-order valence-electron chi connectivity index (χ4n) is 1.94. The van der Waals surface area contributed by atoms with Crippen LogP contribution in [0.4, 0.5) is 5.69 Å². The molecule has 1 aromatic heterocycles. The van der Waals surface area contributed by atoms with E-state index < -0.39 is 0 Å². The first-order valence-corrected chi connectivity index (χ1v) is 7.07. The minimum Gasteiger partial charge on any atom is -0.397 e. The van der Waals surface area contributed by atoms with Gasteiger partial charge in [-0.1, -0.05) is 27.7 Å². The van der Waals surface area contributed by atoms with Crippen molar-refractivity contribution < 1.29 is 4.79 Å². The Kier molecular flexibility index (Phi) is 3.61. The number of aromatic nitrogens is 1. The summed E-state index contributed by atoms with van der Waals surface area (Å²) < 4.78 is 2.02. The molecule has 0 bridgehead atoms. The fourth-order valence-corrected chi connectivity index (χ4v) is 1.94. The molecule has 0 unspecified atom stereocenters. The Bertz CT molecular complexity index is 470. The molecule has 0 atom stereocenters. The molecule has 3 N–H and O–H groups in total. The molecule has 0 aliphatic heterocycles. The number of rotatable bonds is 5. The maximum absolute atomic E-state index is 12.3.